The fourth-order valence-electron chi connectivity index (χ4n) is 2.22. The van der Waals surface area contributed by atoms with Crippen molar-refractivity contribution >= 4 is 11.6 Å². The molecule has 6 heteroatoms. The quantitative estimate of drug-likeness (QED) is 0.637. The number of likely N-dealkylation sites (N-methyl/N-ethyl adjacent to an activating group) is 1. The van der Waals surface area contributed by atoms with Crippen LogP contribution in [0.3, 0.4) is 0 Å². The van der Waals surface area contributed by atoms with E-state index in [0.29, 0.717) is 0 Å². The van der Waals surface area contributed by atoms with Gasteiger partial charge >= 0.3 is 0 Å². The minimum atomic E-state index is 0.184. The topological polar surface area (TPSA) is 42.3 Å². The Morgan fingerprint density at radius 1 is 1.38 bits per heavy atom. The van der Waals surface area contributed by atoms with E-state index in [1.54, 1.807) is 6.20 Å². The predicted molar refractivity (Wildman–Crippen MR) is 87.9 cm³/mol. The zero-order valence-electron chi connectivity index (χ0n) is 13.7. The number of hydrogen-bond donors (Lipinski definition) is 1. The van der Waals surface area contributed by atoms with Gasteiger partial charge in [0.05, 0.1) is 29.5 Å². The smallest absolute Gasteiger partial charge is 0.0834 e. The molecular weight excluding hydrogens is 288 g/mol. The molecule has 5 nitrogen and oxygen atoms in total. The molecule has 21 heavy (non-hydrogen) atoms. The molecule has 0 fully saturated rings. The Morgan fingerprint density at radius 2 is 2.14 bits per heavy atom. The van der Waals surface area contributed by atoms with E-state index < -0.39 is 0 Å². The molecule has 0 amide bonds. The van der Waals surface area contributed by atoms with Crippen molar-refractivity contribution in [2.75, 3.05) is 40.4 Å². The number of rotatable bonds is 11. The number of hydrogen-bond acceptors (Lipinski definition) is 4. The van der Waals surface area contributed by atoms with Gasteiger partial charge in [-0.1, -0.05) is 25.4 Å². The molecule has 1 unspecified atom stereocenters. The van der Waals surface area contributed by atoms with Gasteiger partial charge in [0, 0.05) is 19.8 Å². The summed E-state index contributed by atoms with van der Waals surface area (Å²) in [5.41, 5.74) is 1.07. The highest BCUT2D eigenvalue weighted by molar-refractivity contribution is 6.31. The van der Waals surface area contributed by atoms with Crippen LogP contribution < -0.4 is 5.32 Å². The third kappa shape index (κ3) is 6.34. The number of halogens is 1. The van der Waals surface area contributed by atoms with Crippen LogP contribution in [0.25, 0.3) is 0 Å². The molecule has 0 spiro atoms. The molecule has 1 heterocycles. The van der Waals surface area contributed by atoms with Gasteiger partial charge < -0.3 is 15.0 Å². The molecule has 0 aliphatic heterocycles. The van der Waals surface area contributed by atoms with E-state index in [4.69, 9.17) is 16.3 Å². The molecule has 0 aromatic carbocycles. The van der Waals surface area contributed by atoms with Crippen molar-refractivity contribution in [2.45, 2.75) is 39.3 Å². The maximum atomic E-state index is 6.35. The van der Waals surface area contributed by atoms with Gasteiger partial charge in [-0.15, -0.1) is 0 Å². The summed E-state index contributed by atoms with van der Waals surface area (Å²) in [6.45, 7) is 8.45. The summed E-state index contributed by atoms with van der Waals surface area (Å²) in [4.78, 5) is 2.14. The van der Waals surface area contributed by atoms with Crippen molar-refractivity contribution in [3.05, 3.63) is 16.9 Å². The molecular formula is C15H29ClN4O. The number of nitrogens with zero attached hydrogens (tertiary/aromatic N) is 3. The lowest BCUT2D eigenvalue weighted by Gasteiger charge is -2.21. The highest BCUT2D eigenvalue weighted by Gasteiger charge is 2.19. The fourth-order valence-corrected chi connectivity index (χ4v) is 2.49. The van der Waals surface area contributed by atoms with E-state index in [2.05, 4.69) is 43.3 Å². The van der Waals surface area contributed by atoms with E-state index in [0.717, 1.165) is 56.4 Å². The third-order valence-corrected chi connectivity index (χ3v) is 3.56. The molecule has 1 aromatic rings. The zero-order valence-corrected chi connectivity index (χ0v) is 14.5. The lowest BCUT2D eigenvalue weighted by Crippen LogP contribution is -2.27. The van der Waals surface area contributed by atoms with E-state index >= 15 is 0 Å². The Bertz CT molecular complexity index is 395. The van der Waals surface area contributed by atoms with Crippen LogP contribution in [0.5, 0.6) is 0 Å². The van der Waals surface area contributed by atoms with Crippen molar-refractivity contribution in [1.82, 2.24) is 20.0 Å². The lowest BCUT2D eigenvalue weighted by molar-refractivity contribution is 0.124. The first-order valence-electron chi connectivity index (χ1n) is 7.77. The third-order valence-electron chi connectivity index (χ3n) is 3.27. The maximum Gasteiger partial charge on any atom is 0.0834 e. The largest absolute Gasteiger partial charge is 0.381 e. The van der Waals surface area contributed by atoms with Crippen LogP contribution in [0.2, 0.25) is 5.02 Å². The minimum Gasteiger partial charge on any atom is -0.381 e. The van der Waals surface area contributed by atoms with Gasteiger partial charge in [-0.25, -0.2) is 0 Å². The molecule has 0 radical (unpaired) electrons. The maximum absolute atomic E-state index is 6.35. The summed E-state index contributed by atoms with van der Waals surface area (Å²) in [5, 5.41) is 8.64. The highest BCUT2D eigenvalue weighted by Crippen LogP contribution is 2.25. The summed E-state index contributed by atoms with van der Waals surface area (Å²) >= 11 is 6.35. The molecule has 1 aromatic heterocycles. The molecule has 1 N–H and O–H groups in total. The standard InChI is InChI=1S/C15H29ClN4O/c1-5-10-21-11-7-14(17-6-2)15-13(16)12-18-20(15)9-8-19(3)4/h12,14,17H,5-11H2,1-4H3. The summed E-state index contributed by atoms with van der Waals surface area (Å²) in [6.07, 6.45) is 3.69. The van der Waals surface area contributed by atoms with Gasteiger partial charge in [0.15, 0.2) is 0 Å². The van der Waals surface area contributed by atoms with Gasteiger partial charge in [0.25, 0.3) is 0 Å². The van der Waals surface area contributed by atoms with Crippen molar-refractivity contribution in [3.63, 3.8) is 0 Å². The monoisotopic (exact) mass is 316 g/mol. The number of nitrogens with one attached hydrogen (secondary N) is 1. The van der Waals surface area contributed by atoms with E-state index in [9.17, 15) is 0 Å². The fraction of sp³-hybridized carbons (Fsp3) is 0.800. The molecule has 0 saturated heterocycles. The number of aromatic nitrogens is 2. The zero-order chi connectivity index (χ0) is 15.7. The summed E-state index contributed by atoms with van der Waals surface area (Å²) in [7, 11) is 4.12. The SMILES string of the molecule is CCCOCCC(NCC)c1c(Cl)cnn1CCN(C)C. The highest BCUT2D eigenvalue weighted by atomic mass is 35.5. The van der Waals surface area contributed by atoms with Crippen LogP contribution in [0.15, 0.2) is 6.20 Å². The average Bonchev–Trinajstić information content (AvgIpc) is 2.81. The Labute approximate surface area is 133 Å². The van der Waals surface area contributed by atoms with Crippen molar-refractivity contribution < 1.29 is 4.74 Å². The summed E-state index contributed by atoms with van der Waals surface area (Å²) in [6, 6.07) is 0.184. The number of ether oxygens (including phenoxy) is 1. The second kappa shape index (κ2) is 10.2. The average molecular weight is 317 g/mol. The second-order valence-corrected chi connectivity index (χ2v) is 5.82. The first-order valence-corrected chi connectivity index (χ1v) is 8.15. The van der Waals surface area contributed by atoms with Crippen LogP contribution in [0.4, 0.5) is 0 Å². The van der Waals surface area contributed by atoms with Crippen LogP contribution in [0.1, 0.15) is 38.4 Å². The van der Waals surface area contributed by atoms with Gasteiger partial charge in [-0.3, -0.25) is 4.68 Å². The van der Waals surface area contributed by atoms with Gasteiger partial charge in [-0.2, -0.15) is 5.10 Å². The first kappa shape index (κ1) is 18.4. The van der Waals surface area contributed by atoms with Crippen LogP contribution in [-0.4, -0.2) is 55.1 Å². The van der Waals surface area contributed by atoms with Gasteiger partial charge in [0.1, 0.15) is 0 Å². The van der Waals surface area contributed by atoms with Crippen LogP contribution >= 0.6 is 11.6 Å². The molecule has 0 bridgehead atoms. The Kier molecular flexibility index (Phi) is 8.92. The van der Waals surface area contributed by atoms with E-state index in [1.165, 1.54) is 0 Å². The lowest BCUT2D eigenvalue weighted by atomic mass is 10.1. The van der Waals surface area contributed by atoms with Crippen molar-refractivity contribution in [1.29, 1.82) is 0 Å². The minimum absolute atomic E-state index is 0.184. The molecule has 1 rings (SSSR count). The summed E-state index contributed by atoms with van der Waals surface area (Å²) in [5.74, 6) is 0. The Balaban J connectivity index is 2.73. The first-order chi connectivity index (χ1) is 10.1. The normalized spacial score (nSPS) is 13.0. The molecule has 0 aliphatic rings. The van der Waals surface area contributed by atoms with Crippen LogP contribution in [-0.2, 0) is 11.3 Å². The Morgan fingerprint density at radius 3 is 2.76 bits per heavy atom. The molecule has 0 saturated carbocycles. The van der Waals surface area contributed by atoms with Crippen molar-refractivity contribution in [3.8, 4) is 0 Å². The van der Waals surface area contributed by atoms with Crippen LogP contribution in [0, 0.1) is 0 Å². The van der Waals surface area contributed by atoms with Gasteiger partial charge in [-0.05, 0) is 33.5 Å². The summed E-state index contributed by atoms with van der Waals surface area (Å²) < 4.78 is 7.62. The molecule has 1 atom stereocenters. The Hall–Kier alpha value is -0.620. The van der Waals surface area contributed by atoms with Crippen molar-refractivity contribution in [2.24, 2.45) is 0 Å². The van der Waals surface area contributed by atoms with Gasteiger partial charge in [0.2, 0.25) is 0 Å². The molecule has 122 valence electrons. The van der Waals surface area contributed by atoms with E-state index in [1.807, 2.05) is 4.68 Å². The second-order valence-electron chi connectivity index (χ2n) is 5.42. The molecule has 0 aliphatic carbocycles. The van der Waals surface area contributed by atoms with E-state index in [-0.39, 0.29) is 6.04 Å². The predicted octanol–water partition coefficient (Wildman–Crippen LogP) is 2.57.